The van der Waals surface area contributed by atoms with Crippen LogP contribution in [-0.4, -0.2) is 62.3 Å². The monoisotopic (exact) mass is 786 g/mol. The number of nitrogens with zero attached hydrogens (tertiary/aromatic N) is 3. The van der Waals surface area contributed by atoms with Crippen molar-refractivity contribution in [3.63, 3.8) is 0 Å². The fraction of sp³-hybridized carbons (Fsp3) is 0.133. The van der Waals surface area contributed by atoms with Crippen LogP contribution in [0.4, 0.5) is 0 Å². The van der Waals surface area contributed by atoms with E-state index in [4.69, 9.17) is 19.5 Å². The van der Waals surface area contributed by atoms with Gasteiger partial charge in [-0.25, -0.2) is 24.5 Å². The molecular formula is C30H25BBr2N4O7S2. The zero-order chi connectivity index (χ0) is 33.2. The molecule has 0 atom stereocenters. The van der Waals surface area contributed by atoms with Gasteiger partial charge in [0.15, 0.2) is 0 Å². The minimum Gasteiger partial charge on any atom is -0.460 e. The molecule has 0 unspecified atom stereocenters. The lowest BCUT2D eigenvalue weighted by molar-refractivity contribution is 0.0503. The predicted molar refractivity (Wildman–Crippen MR) is 187 cm³/mol. The average molecular weight is 788 g/mol. The molecule has 2 aromatic carbocycles. The van der Waals surface area contributed by atoms with Crippen LogP contribution in [0.15, 0.2) is 85.2 Å². The SMILES string of the molecule is CCOC(=O)c1nc(-c2cccc(Br)c2)c2sccc2n1.CCOC(=O)c1nc2ccsc2c(=O)[nH]1.OB(O)c1cccc(Br)c1. The molecule has 0 saturated heterocycles. The number of carbonyl (C=O) groups excluding carboxylic acids is 2. The highest BCUT2D eigenvalue weighted by Gasteiger charge is 2.17. The fourth-order valence-corrected chi connectivity index (χ4v) is 6.20. The number of thiophene rings is 2. The van der Waals surface area contributed by atoms with Crippen molar-refractivity contribution in [1.29, 1.82) is 0 Å². The van der Waals surface area contributed by atoms with Gasteiger partial charge in [0, 0.05) is 14.5 Å². The Labute approximate surface area is 287 Å². The summed E-state index contributed by atoms with van der Waals surface area (Å²) in [4.78, 5) is 49.8. The number of aromatic nitrogens is 4. The second-order valence-corrected chi connectivity index (χ2v) is 12.6. The van der Waals surface area contributed by atoms with Crippen LogP contribution in [0.3, 0.4) is 0 Å². The van der Waals surface area contributed by atoms with Crippen LogP contribution in [0, 0.1) is 0 Å². The minimum atomic E-state index is -1.38. The number of aromatic amines is 1. The Kier molecular flexibility index (Phi) is 12.7. The molecule has 236 valence electrons. The lowest BCUT2D eigenvalue weighted by Gasteiger charge is -2.06. The van der Waals surface area contributed by atoms with E-state index >= 15 is 0 Å². The molecule has 3 N–H and O–H groups in total. The van der Waals surface area contributed by atoms with E-state index < -0.39 is 19.1 Å². The Morgan fingerprint density at radius 3 is 2.04 bits per heavy atom. The van der Waals surface area contributed by atoms with Gasteiger partial charge in [0.25, 0.3) is 5.56 Å². The summed E-state index contributed by atoms with van der Waals surface area (Å²) >= 11 is 9.51. The van der Waals surface area contributed by atoms with Crippen LogP contribution >= 0.6 is 54.5 Å². The van der Waals surface area contributed by atoms with Gasteiger partial charge in [0.2, 0.25) is 11.6 Å². The van der Waals surface area contributed by atoms with Crippen LogP contribution in [-0.2, 0) is 9.47 Å². The third kappa shape index (κ3) is 9.14. The third-order valence-corrected chi connectivity index (χ3v) is 8.59. The van der Waals surface area contributed by atoms with Crippen molar-refractivity contribution in [3.8, 4) is 11.3 Å². The molecule has 0 fully saturated rings. The van der Waals surface area contributed by atoms with E-state index in [1.54, 1.807) is 54.8 Å². The summed E-state index contributed by atoms with van der Waals surface area (Å²) in [6.45, 7) is 4.01. The summed E-state index contributed by atoms with van der Waals surface area (Å²) in [5.41, 5.74) is 3.15. The molecule has 0 aliphatic carbocycles. The summed E-state index contributed by atoms with van der Waals surface area (Å²) in [7, 11) is -1.38. The molecule has 0 saturated carbocycles. The maximum absolute atomic E-state index is 11.9. The van der Waals surface area contributed by atoms with Gasteiger partial charge in [-0.2, -0.15) is 0 Å². The van der Waals surface area contributed by atoms with E-state index in [1.165, 1.54) is 11.3 Å². The van der Waals surface area contributed by atoms with E-state index in [2.05, 4.69) is 51.8 Å². The van der Waals surface area contributed by atoms with Gasteiger partial charge in [-0.15, -0.1) is 22.7 Å². The number of hydrogen-bond donors (Lipinski definition) is 3. The van der Waals surface area contributed by atoms with E-state index in [0.717, 1.165) is 30.4 Å². The molecule has 0 bridgehead atoms. The van der Waals surface area contributed by atoms with Crippen molar-refractivity contribution < 1.29 is 29.1 Å². The second kappa shape index (κ2) is 16.7. The normalized spacial score (nSPS) is 10.4. The maximum Gasteiger partial charge on any atom is 0.488 e. The van der Waals surface area contributed by atoms with Gasteiger partial charge in [-0.05, 0) is 66.5 Å². The zero-order valence-electron chi connectivity index (χ0n) is 24.3. The van der Waals surface area contributed by atoms with Gasteiger partial charge < -0.3 is 19.5 Å². The maximum atomic E-state index is 11.9. The smallest absolute Gasteiger partial charge is 0.460 e. The van der Waals surface area contributed by atoms with Crippen LogP contribution in [0.2, 0.25) is 0 Å². The van der Waals surface area contributed by atoms with Crippen molar-refractivity contribution in [2.45, 2.75) is 13.8 Å². The molecular weight excluding hydrogens is 763 g/mol. The highest BCUT2D eigenvalue weighted by atomic mass is 79.9. The number of hydrogen-bond acceptors (Lipinski definition) is 12. The van der Waals surface area contributed by atoms with Crippen molar-refractivity contribution in [2.75, 3.05) is 13.2 Å². The van der Waals surface area contributed by atoms with Crippen LogP contribution in [0.5, 0.6) is 0 Å². The summed E-state index contributed by atoms with van der Waals surface area (Å²) in [5.74, 6) is -1.06. The highest BCUT2D eigenvalue weighted by molar-refractivity contribution is 9.10. The quantitative estimate of drug-likeness (QED) is 0.143. The molecule has 0 amide bonds. The van der Waals surface area contributed by atoms with E-state index in [1.807, 2.05) is 41.8 Å². The molecule has 16 heteroatoms. The lowest BCUT2D eigenvalue weighted by atomic mass is 9.81. The number of ether oxygens (including phenoxy) is 2. The molecule has 0 spiro atoms. The third-order valence-electron chi connectivity index (χ3n) is 5.79. The van der Waals surface area contributed by atoms with Crippen molar-refractivity contribution in [2.24, 2.45) is 0 Å². The van der Waals surface area contributed by atoms with Gasteiger partial charge in [-0.1, -0.05) is 56.1 Å². The number of nitrogens with one attached hydrogen (secondary N) is 1. The van der Waals surface area contributed by atoms with Crippen LogP contribution in [0.1, 0.15) is 35.1 Å². The molecule has 4 aromatic heterocycles. The Hall–Kier alpha value is -3.80. The summed E-state index contributed by atoms with van der Waals surface area (Å²) in [6, 6.07) is 18.3. The number of halogens is 2. The number of carbonyl (C=O) groups is 2. The first-order chi connectivity index (χ1) is 22.1. The van der Waals surface area contributed by atoms with E-state index in [9.17, 15) is 14.4 Å². The lowest BCUT2D eigenvalue weighted by Crippen LogP contribution is -2.29. The topological polar surface area (TPSA) is 165 Å². The van der Waals surface area contributed by atoms with Crippen LogP contribution < -0.4 is 11.0 Å². The Balaban J connectivity index is 0.000000168. The first-order valence-corrected chi connectivity index (χ1v) is 16.9. The Morgan fingerprint density at radius 2 is 1.43 bits per heavy atom. The summed E-state index contributed by atoms with van der Waals surface area (Å²) in [5, 5.41) is 21.1. The number of fused-ring (bicyclic) bond motifs is 2. The molecule has 0 aliphatic heterocycles. The van der Waals surface area contributed by atoms with Gasteiger partial charge in [-0.3, -0.25) is 9.78 Å². The molecule has 46 heavy (non-hydrogen) atoms. The highest BCUT2D eigenvalue weighted by Crippen LogP contribution is 2.31. The second-order valence-electron chi connectivity index (χ2n) is 8.96. The van der Waals surface area contributed by atoms with Gasteiger partial charge in [0.1, 0.15) is 4.70 Å². The van der Waals surface area contributed by atoms with E-state index in [-0.39, 0.29) is 23.8 Å². The Morgan fingerprint density at radius 1 is 0.826 bits per heavy atom. The van der Waals surface area contributed by atoms with Crippen molar-refractivity contribution in [1.82, 2.24) is 19.9 Å². The number of esters is 2. The molecule has 11 nitrogen and oxygen atoms in total. The van der Waals surface area contributed by atoms with E-state index in [0.29, 0.717) is 22.3 Å². The molecule has 0 radical (unpaired) electrons. The molecule has 6 aromatic rings. The van der Waals surface area contributed by atoms with Gasteiger partial charge >= 0.3 is 19.1 Å². The zero-order valence-corrected chi connectivity index (χ0v) is 29.1. The summed E-state index contributed by atoms with van der Waals surface area (Å²) in [6.07, 6.45) is 0. The standard InChI is InChI=1S/C15H11BrN2O2S.C9H8N2O3S.C6H6BBrO2/c1-2-20-15(19)14-17-11-6-7-21-13(11)12(18-14)9-4-3-5-10(16)8-9;1-2-14-9(13)7-10-5-3-4-15-6(5)8(12)11-7;8-6-3-1-2-5(4-6)7(9)10/h3-8H,2H2,1H3;3-4H,2H2,1H3,(H,10,11,12);1-4,9-10H. The van der Waals surface area contributed by atoms with Crippen molar-refractivity contribution >= 4 is 99.5 Å². The number of rotatable bonds is 6. The van der Waals surface area contributed by atoms with Crippen molar-refractivity contribution in [3.05, 3.63) is 102 Å². The minimum absolute atomic E-state index is 0.0484. The summed E-state index contributed by atoms with van der Waals surface area (Å²) < 4.78 is 13.0. The fourth-order valence-electron chi connectivity index (χ4n) is 3.82. The average Bonchev–Trinajstić information content (AvgIpc) is 3.72. The molecule has 4 heterocycles. The first kappa shape index (κ1) is 35.1. The first-order valence-electron chi connectivity index (χ1n) is 13.6. The Bertz CT molecular complexity index is 2030. The largest absolute Gasteiger partial charge is 0.488 e. The van der Waals surface area contributed by atoms with Gasteiger partial charge in [0.05, 0.1) is 34.6 Å². The molecule has 6 rings (SSSR count). The number of benzene rings is 2. The van der Waals surface area contributed by atoms with Crippen LogP contribution in [0.25, 0.3) is 31.7 Å². The predicted octanol–water partition coefficient (Wildman–Crippen LogP) is 5.59. The molecule has 0 aliphatic rings. The number of H-pyrrole nitrogens is 1.